The second-order valence-electron chi connectivity index (χ2n) is 6.58. The lowest BCUT2D eigenvalue weighted by Crippen LogP contribution is -2.47. The molecule has 1 aliphatic heterocycles. The molecule has 0 unspecified atom stereocenters. The van der Waals surface area contributed by atoms with Crippen molar-refractivity contribution < 1.29 is 18.8 Å². The lowest BCUT2D eigenvalue weighted by atomic mass is 10.0. The molecule has 1 fully saturated rings. The fourth-order valence-electron chi connectivity index (χ4n) is 3.07. The van der Waals surface area contributed by atoms with Crippen molar-refractivity contribution in [2.45, 2.75) is 32.2 Å². The van der Waals surface area contributed by atoms with Gasteiger partial charge in [-0.3, -0.25) is 14.4 Å². The van der Waals surface area contributed by atoms with Crippen LogP contribution in [0.25, 0.3) is 0 Å². The zero-order valence-electron chi connectivity index (χ0n) is 15.2. The Hall–Kier alpha value is -2.61. The predicted octanol–water partition coefficient (Wildman–Crippen LogP) is 2.19. The molecule has 8 heteroatoms. The van der Waals surface area contributed by atoms with Crippen LogP contribution in [0.1, 0.15) is 45.7 Å². The summed E-state index contributed by atoms with van der Waals surface area (Å²) in [6.07, 6.45) is 3.19. The van der Waals surface area contributed by atoms with Crippen molar-refractivity contribution in [2.24, 2.45) is 0 Å². The normalized spacial score (nSPS) is 14.8. The van der Waals surface area contributed by atoms with E-state index in [4.69, 9.17) is 4.42 Å². The van der Waals surface area contributed by atoms with E-state index in [1.165, 1.54) is 17.6 Å². The topological polar surface area (TPSA) is 91.7 Å². The monoisotopic (exact) mass is 389 g/mol. The van der Waals surface area contributed by atoms with Crippen LogP contribution in [0.4, 0.5) is 0 Å². The van der Waals surface area contributed by atoms with E-state index in [1.807, 2.05) is 12.3 Å². The number of amides is 3. The molecule has 3 amide bonds. The zero-order chi connectivity index (χ0) is 19.2. The zero-order valence-corrected chi connectivity index (χ0v) is 16.0. The summed E-state index contributed by atoms with van der Waals surface area (Å²) in [5.74, 6) is -0.000691. The van der Waals surface area contributed by atoms with Crippen molar-refractivity contribution in [1.82, 2.24) is 15.5 Å². The number of hydrogen-bond acceptors (Lipinski definition) is 5. The Kier molecular flexibility index (Phi) is 6.28. The Morgan fingerprint density at radius 3 is 2.63 bits per heavy atom. The fourth-order valence-corrected chi connectivity index (χ4v) is 3.70. The van der Waals surface area contributed by atoms with Gasteiger partial charge in [-0.1, -0.05) is 0 Å². The number of thiophene rings is 1. The van der Waals surface area contributed by atoms with Crippen molar-refractivity contribution in [2.75, 3.05) is 19.6 Å². The summed E-state index contributed by atoms with van der Waals surface area (Å²) in [7, 11) is 0. The molecule has 0 saturated carbocycles. The maximum Gasteiger partial charge on any atom is 0.287 e. The van der Waals surface area contributed by atoms with Gasteiger partial charge in [-0.15, -0.1) is 0 Å². The molecule has 2 N–H and O–H groups in total. The maximum absolute atomic E-state index is 12.3. The minimum Gasteiger partial charge on any atom is -0.459 e. The Balaban J connectivity index is 1.37. The Morgan fingerprint density at radius 1 is 1.22 bits per heavy atom. The number of aryl methyl sites for hydroxylation is 1. The molecule has 0 radical (unpaired) electrons. The average Bonchev–Trinajstić information content (AvgIpc) is 3.33. The van der Waals surface area contributed by atoms with Gasteiger partial charge in [0.25, 0.3) is 11.8 Å². The van der Waals surface area contributed by atoms with Crippen molar-refractivity contribution in [3.63, 3.8) is 0 Å². The van der Waals surface area contributed by atoms with Gasteiger partial charge >= 0.3 is 0 Å². The molecular weight excluding hydrogens is 366 g/mol. The molecule has 7 nitrogen and oxygen atoms in total. The highest BCUT2D eigenvalue weighted by Gasteiger charge is 2.25. The second kappa shape index (κ2) is 8.85. The maximum atomic E-state index is 12.3. The van der Waals surface area contributed by atoms with E-state index in [0.29, 0.717) is 43.8 Å². The first-order valence-corrected chi connectivity index (χ1v) is 9.92. The van der Waals surface area contributed by atoms with Gasteiger partial charge in [0.1, 0.15) is 0 Å². The standard InChI is InChI=1S/C19H23N3O4S/c1-13-5-10-26-17(13)19(25)21-15-3-8-22(9-4-15)16(23)2-7-20-18(24)14-6-11-27-12-14/h5-6,10-12,15H,2-4,7-9H2,1H3,(H,20,24)(H,21,25). The van der Waals surface area contributed by atoms with Crippen LogP contribution in [0.2, 0.25) is 0 Å². The highest BCUT2D eigenvalue weighted by atomic mass is 32.1. The van der Waals surface area contributed by atoms with E-state index in [2.05, 4.69) is 10.6 Å². The lowest BCUT2D eigenvalue weighted by molar-refractivity contribution is -0.132. The minimum atomic E-state index is -0.210. The molecule has 2 aromatic rings. The number of nitrogens with zero attached hydrogens (tertiary/aromatic N) is 1. The number of rotatable bonds is 6. The van der Waals surface area contributed by atoms with Crippen LogP contribution in [-0.4, -0.2) is 48.3 Å². The smallest absolute Gasteiger partial charge is 0.287 e. The summed E-state index contributed by atoms with van der Waals surface area (Å²) in [4.78, 5) is 38.1. The van der Waals surface area contributed by atoms with Crippen molar-refractivity contribution in [3.8, 4) is 0 Å². The van der Waals surface area contributed by atoms with Crippen LogP contribution >= 0.6 is 11.3 Å². The molecule has 3 heterocycles. The number of hydrogen-bond donors (Lipinski definition) is 2. The summed E-state index contributed by atoms with van der Waals surface area (Å²) in [6.45, 7) is 3.34. The van der Waals surface area contributed by atoms with Gasteiger partial charge in [0.05, 0.1) is 6.26 Å². The third-order valence-electron chi connectivity index (χ3n) is 4.66. The number of carbonyl (C=O) groups is 3. The molecule has 144 valence electrons. The van der Waals surface area contributed by atoms with Gasteiger partial charge in [0, 0.05) is 48.6 Å². The first-order valence-electron chi connectivity index (χ1n) is 8.97. The molecule has 0 atom stereocenters. The quantitative estimate of drug-likeness (QED) is 0.792. The van der Waals surface area contributed by atoms with Gasteiger partial charge in [0.2, 0.25) is 5.91 Å². The summed E-state index contributed by atoms with van der Waals surface area (Å²) < 4.78 is 5.21. The van der Waals surface area contributed by atoms with E-state index in [0.717, 1.165) is 5.56 Å². The van der Waals surface area contributed by atoms with Crippen LogP contribution in [0, 0.1) is 6.92 Å². The summed E-state index contributed by atoms with van der Waals surface area (Å²) in [5.41, 5.74) is 1.43. The van der Waals surface area contributed by atoms with E-state index in [-0.39, 0.29) is 30.2 Å². The van der Waals surface area contributed by atoms with Gasteiger partial charge in [-0.05, 0) is 37.3 Å². The lowest BCUT2D eigenvalue weighted by Gasteiger charge is -2.32. The predicted molar refractivity (Wildman–Crippen MR) is 102 cm³/mol. The molecule has 27 heavy (non-hydrogen) atoms. The first kappa shape index (κ1) is 19.2. The van der Waals surface area contributed by atoms with E-state index < -0.39 is 0 Å². The number of piperidine rings is 1. The summed E-state index contributed by atoms with van der Waals surface area (Å²) in [6, 6.07) is 3.54. The van der Waals surface area contributed by atoms with E-state index in [1.54, 1.807) is 22.4 Å². The van der Waals surface area contributed by atoms with Gasteiger partial charge in [-0.25, -0.2) is 0 Å². The molecule has 0 spiro atoms. The number of nitrogens with one attached hydrogen (secondary N) is 2. The third kappa shape index (κ3) is 4.97. The van der Waals surface area contributed by atoms with Crippen LogP contribution in [0.15, 0.2) is 33.6 Å². The Labute approximate surface area is 161 Å². The fraction of sp³-hybridized carbons (Fsp3) is 0.421. The van der Waals surface area contributed by atoms with E-state index in [9.17, 15) is 14.4 Å². The van der Waals surface area contributed by atoms with Crippen molar-refractivity contribution in [3.05, 3.63) is 46.0 Å². The van der Waals surface area contributed by atoms with Crippen LogP contribution in [0.5, 0.6) is 0 Å². The Bertz CT molecular complexity index is 792. The molecular formula is C19H23N3O4S. The number of carbonyl (C=O) groups excluding carboxylic acids is 3. The largest absolute Gasteiger partial charge is 0.459 e. The van der Waals surface area contributed by atoms with Gasteiger partial charge < -0.3 is 20.0 Å². The van der Waals surface area contributed by atoms with Crippen LogP contribution < -0.4 is 10.6 Å². The van der Waals surface area contributed by atoms with Gasteiger partial charge in [-0.2, -0.15) is 11.3 Å². The molecule has 0 bridgehead atoms. The molecule has 0 aliphatic carbocycles. The molecule has 0 aromatic carbocycles. The minimum absolute atomic E-state index is 0.0206. The van der Waals surface area contributed by atoms with Crippen molar-refractivity contribution >= 4 is 29.1 Å². The summed E-state index contributed by atoms with van der Waals surface area (Å²) in [5, 5.41) is 9.35. The number of furan rings is 1. The summed E-state index contributed by atoms with van der Waals surface area (Å²) >= 11 is 1.46. The average molecular weight is 389 g/mol. The molecule has 2 aromatic heterocycles. The number of likely N-dealkylation sites (tertiary alicyclic amines) is 1. The van der Waals surface area contributed by atoms with Crippen LogP contribution in [0.3, 0.4) is 0 Å². The van der Waals surface area contributed by atoms with Crippen LogP contribution in [-0.2, 0) is 4.79 Å². The molecule has 1 aliphatic rings. The van der Waals surface area contributed by atoms with Crippen molar-refractivity contribution in [1.29, 1.82) is 0 Å². The first-order chi connectivity index (χ1) is 13.0. The second-order valence-corrected chi connectivity index (χ2v) is 7.36. The van der Waals surface area contributed by atoms with E-state index >= 15 is 0 Å². The highest BCUT2D eigenvalue weighted by Crippen LogP contribution is 2.14. The Morgan fingerprint density at radius 2 is 2.00 bits per heavy atom. The SMILES string of the molecule is Cc1ccoc1C(=O)NC1CCN(C(=O)CCNC(=O)c2ccsc2)CC1. The third-order valence-corrected chi connectivity index (χ3v) is 5.34. The highest BCUT2D eigenvalue weighted by molar-refractivity contribution is 7.08. The van der Waals surface area contributed by atoms with Gasteiger partial charge in [0.15, 0.2) is 5.76 Å². The molecule has 1 saturated heterocycles. The molecule has 3 rings (SSSR count).